The minimum atomic E-state index is -0.928. The summed E-state index contributed by atoms with van der Waals surface area (Å²) in [4.78, 5) is 34.7. The highest BCUT2D eigenvalue weighted by atomic mass is 16.6. The fourth-order valence-electron chi connectivity index (χ4n) is 2.58. The fourth-order valence-corrected chi connectivity index (χ4v) is 2.58. The Bertz CT molecular complexity index is 948. The molecule has 2 heterocycles. The Labute approximate surface area is 159 Å². The zero-order valence-corrected chi connectivity index (χ0v) is 14.9. The van der Waals surface area contributed by atoms with Gasteiger partial charge in [0, 0.05) is 31.1 Å². The molecule has 10 nitrogen and oxygen atoms in total. The summed E-state index contributed by atoms with van der Waals surface area (Å²) in [5.74, 6) is -1.24. The second-order valence-corrected chi connectivity index (χ2v) is 5.94. The van der Waals surface area contributed by atoms with Crippen molar-refractivity contribution in [1.29, 1.82) is 0 Å². The van der Waals surface area contributed by atoms with Gasteiger partial charge in [-0.05, 0) is 30.7 Å². The van der Waals surface area contributed by atoms with E-state index in [-0.39, 0.29) is 17.9 Å². The Morgan fingerprint density at radius 3 is 2.75 bits per heavy atom. The Hall–Kier alpha value is -3.95. The number of aromatic nitrogens is 2. The minimum Gasteiger partial charge on any atom is -0.467 e. The van der Waals surface area contributed by atoms with E-state index < -0.39 is 22.8 Å². The molecule has 0 saturated carbocycles. The quantitative estimate of drug-likeness (QED) is 0.380. The highest BCUT2D eigenvalue weighted by molar-refractivity contribution is 6.39. The second-order valence-electron chi connectivity index (χ2n) is 5.94. The number of furan rings is 1. The van der Waals surface area contributed by atoms with Crippen molar-refractivity contribution in [3.05, 3.63) is 76.5 Å². The lowest BCUT2D eigenvalue weighted by Crippen LogP contribution is -2.39. The van der Waals surface area contributed by atoms with Gasteiger partial charge in [0.2, 0.25) is 0 Å². The molecule has 1 unspecified atom stereocenters. The van der Waals surface area contributed by atoms with Crippen molar-refractivity contribution in [2.45, 2.75) is 13.0 Å². The van der Waals surface area contributed by atoms with Gasteiger partial charge in [-0.3, -0.25) is 24.4 Å². The molecule has 0 spiro atoms. The molecule has 1 aromatic carbocycles. The number of aryl methyl sites for hydroxylation is 1. The first-order valence-corrected chi connectivity index (χ1v) is 8.32. The third-order valence-corrected chi connectivity index (χ3v) is 4.06. The topological polar surface area (TPSA) is 132 Å². The first-order valence-electron chi connectivity index (χ1n) is 8.32. The van der Waals surface area contributed by atoms with Crippen molar-refractivity contribution in [3.63, 3.8) is 0 Å². The van der Waals surface area contributed by atoms with E-state index in [0.717, 1.165) is 0 Å². The average Bonchev–Trinajstić information content (AvgIpc) is 3.37. The van der Waals surface area contributed by atoms with E-state index in [2.05, 4.69) is 15.7 Å². The van der Waals surface area contributed by atoms with Crippen LogP contribution >= 0.6 is 0 Å². The summed E-state index contributed by atoms with van der Waals surface area (Å²) < 4.78 is 6.98. The maximum absolute atomic E-state index is 12.2. The van der Waals surface area contributed by atoms with Crippen LogP contribution in [0.1, 0.15) is 17.4 Å². The van der Waals surface area contributed by atoms with E-state index in [9.17, 15) is 19.7 Å². The molecule has 0 bridgehead atoms. The normalized spacial score (nSPS) is 11.6. The van der Waals surface area contributed by atoms with Gasteiger partial charge in [0.1, 0.15) is 11.8 Å². The summed E-state index contributed by atoms with van der Waals surface area (Å²) in [6.07, 6.45) is 4.81. The predicted molar refractivity (Wildman–Crippen MR) is 98.5 cm³/mol. The zero-order valence-electron chi connectivity index (χ0n) is 14.9. The van der Waals surface area contributed by atoms with Gasteiger partial charge in [0.25, 0.3) is 5.69 Å². The molecule has 1 atom stereocenters. The van der Waals surface area contributed by atoms with Crippen LogP contribution in [0.4, 0.5) is 11.4 Å². The number of nitro groups is 1. The van der Waals surface area contributed by atoms with Gasteiger partial charge in [0.15, 0.2) is 0 Å². The Balaban J connectivity index is 1.66. The average molecular weight is 383 g/mol. The first-order chi connectivity index (χ1) is 13.5. The third-order valence-electron chi connectivity index (χ3n) is 4.06. The van der Waals surface area contributed by atoms with Gasteiger partial charge in [-0.1, -0.05) is 6.07 Å². The maximum atomic E-state index is 12.2. The summed E-state index contributed by atoms with van der Waals surface area (Å²) in [5.41, 5.74) is 0.610. The van der Waals surface area contributed by atoms with E-state index in [4.69, 9.17) is 4.42 Å². The predicted octanol–water partition coefficient (Wildman–Crippen LogP) is 2.04. The Kier molecular flexibility index (Phi) is 5.49. The largest absolute Gasteiger partial charge is 0.467 e. The highest BCUT2D eigenvalue weighted by Gasteiger charge is 2.21. The number of anilines is 1. The number of carbonyl (C=O) groups is 2. The van der Waals surface area contributed by atoms with Crippen LogP contribution in [0.3, 0.4) is 0 Å². The molecule has 2 aromatic heterocycles. The number of hydrogen-bond acceptors (Lipinski definition) is 6. The molecule has 144 valence electrons. The smallest absolute Gasteiger partial charge is 0.313 e. The standard InChI is InChI=1S/C18H17N5O5/c1-12-5-6-13(23(26)27)10-14(12)21-18(25)17(24)19-11-15(16-4-2-9-28-16)22-8-3-7-20-22/h2-10,15H,11H2,1H3,(H,19,24)(H,21,25). The number of nitrogens with one attached hydrogen (secondary N) is 2. The summed E-state index contributed by atoms with van der Waals surface area (Å²) in [7, 11) is 0. The van der Waals surface area contributed by atoms with Crippen molar-refractivity contribution < 1.29 is 18.9 Å². The number of hydrogen-bond donors (Lipinski definition) is 2. The number of amides is 2. The number of benzene rings is 1. The number of carbonyl (C=O) groups excluding carboxylic acids is 2. The van der Waals surface area contributed by atoms with Crippen LogP contribution < -0.4 is 10.6 Å². The number of nitro benzene ring substituents is 1. The van der Waals surface area contributed by atoms with Crippen LogP contribution in [0.15, 0.2) is 59.5 Å². The molecule has 0 fully saturated rings. The molecular formula is C18H17N5O5. The molecule has 2 N–H and O–H groups in total. The molecule has 0 saturated heterocycles. The summed E-state index contributed by atoms with van der Waals surface area (Å²) >= 11 is 0. The molecule has 0 aliphatic heterocycles. The van der Waals surface area contributed by atoms with Crippen molar-refractivity contribution in [2.24, 2.45) is 0 Å². The Morgan fingerprint density at radius 1 is 1.29 bits per heavy atom. The molecule has 3 rings (SSSR count). The molecule has 0 radical (unpaired) electrons. The minimum absolute atomic E-state index is 0.0648. The molecule has 0 aliphatic rings. The number of nitrogens with zero attached hydrogens (tertiary/aromatic N) is 3. The number of rotatable bonds is 6. The third kappa shape index (κ3) is 4.23. The van der Waals surface area contributed by atoms with Crippen LogP contribution in [0, 0.1) is 17.0 Å². The van der Waals surface area contributed by atoms with Gasteiger partial charge in [0.05, 0.1) is 16.9 Å². The molecule has 10 heteroatoms. The van der Waals surface area contributed by atoms with Gasteiger partial charge in [-0.2, -0.15) is 5.10 Å². The molecular weight excluding hydrogens is 366 g/mol. The fraction of sp³-hybridized carbons (Fsp3) is 0.167. The zero-order chi connectivity index (χ0) is 20.1. The van der Waals surface area contributed by atoms with Gasteiger partial charge in [-0.15, -0.1) is 0 Å². The van der Waals surface area contributed by atoms with Gasteiger partial charge >= 0.3 is 11.8 Å². The first kappa shape index (κ1) is 18.8. The van der Waals surface area contributed by atoms with E-state index in [1.165, 1.54) is 24.5 Å². The SMILES string of the molecule is Cc1ccc([N+](=O)[O-])cc1NC(=O)C(=O)NCC(c1ccco1)n1cccn1. The van der Waals surface area contributed by atoms with Gasteiger partial charge in [-0.25, -0.2) is 0 Å². The Morgan fingerprint density at radius 2 is 2.11 bits per heavy atom. The summed E-state index contributed by atoms with van der Waals surface area (Å²) in [6, 6.07) is 8.78. The van der Waals surface area contributed by atoms with Crippen molar-refractivity contribution in [2.75, 3.05) is 11.9 Å². The lowest BCUT2D eigenvalue weighted by atomic mass is 10.2. The van der Waals surface area contributed by atoms with Crippen molar-refractivity contribution in [3.8, 4) is 0 Å². The van der Waals surface area contributed by atoms with E-state index in [1.54, 1.807) is 42.2 Å². The highest BCUT2D eigenvalue weighted by Crippen LogP contribution is 2.22. The van der Waals surface area contributed by atoms with E-state index in [0.29, 0.717) is 11.3 Å². The van der Waals surface area contributed by atoms with Crippen molar-refractivity contribution >= 4 is 23.2 Å². The molecule has 3 aromatic rings. The molecule has 28 heavy (non-hydrogen) atoms. The molecule has 0 aliphatic carbocycles. The lowest BCUT2D eigenvalue weighted by molar-refractivity contribution is -0.384. The second kappa shape index (κ2) is 8.16. The molecule has 2 amide bonds. The van der Waals surface area contributed by atoms with E-state index in [1.807, 2.05) is 0 Å². The van der Waals surface area contributed by atoms with Crippen LogP contribution in [-0.4, -0.2) is 33.1 Å². The summed E-state index contributed by atoms with van der Waals surface area (Å²) in [5, 5.41) is 20.0. The van der Waals surface area contributed by atoms with Crippen LogP contribution in [0.5, 0.6) is 0 Å². The summed E-state index contributed by atoms with van der Waals surface area (Å²) in [6.45, 7) is 1.73. The van der Waals surface area contributed by atoms with Crippen LogP contribution in [0.2, 0.25) is 0 Å². The number of non-ortho nitro benzene ring substituents is 1. The van der Waals surface area contributed by atoms with Crippen molar-refractivity contribution in [1.82, 2.24) is 15.1 Å². The van der Waals surface area contributed by atoms with Gasteiger partial charge < -0.3 is 15.1 Å². The van der Waals surface area contributed by atoms with E-state index >= 15 is 0 Å². The van der Waals surface area contributed by atoms with Crippen LogP contribution in [-0.2, 0) is 9.59 Å². The maximum Gasteiger partial charge on any atom is 0.313 e. The van der Waals surface area contributed by atoms with Crippen LogP contribution in [0.25, 0.3) is 0 Å². The monoisotopic (exact) mass is 383 g/mol. The lowest BCUT2D eigenvalue weighted by Gasteiger charge is -2.16.